The average Bonchev–Trinajstić information content (AvgIpc) is 2.29. The fourth-order valence-electron chi connectivity index (χ4n) is 1.06. The number of carbonyl (C=O) groups is 1. The van der Waals surface area contributed by atoms with Gasteiger partial charge in [0.05, 0.1) is 19.3 Å². The standard InChI is InChI=1S/C10H9FINO4S/c1-5(10(14)15)4-18-9-2-6(11)7(12)3-8(9)13(16)17/h2-3,5H,4H2,1H3,(H,14,15). The number of nitrogens with zero attached hydrogens (tertiary/aromatic N) is 1. The van der Waals surface area contributed by atoms with E-state index in [1.54, 1.807) is 22.6 Å². The monoisotopic (exact) mass is 385 g/mol. The van der Waals surface area contributed by atoms with Crippen LogP contribution in [0.5, 0.6) is 0 Å². The van der Waals surface area contributed by atoms with Crippen LogP contribution >= 0.6 is 34.4 Å². The predicted octanol–water partition coefficient (Wildman–Crippen LogP) is 3.15. The van der Waals surface area contributed by atoms with E-state index in [4.69, 9.17) is 5.11 Å². The van der Waals surface area contributed by atoms with Gasteiger partial charge in [-0.05, 0) is 28.7 Å². The Bertz CT molecular complexity index is 497. The molecule has 1 rings (SSSR count). The molecule has 5 nitrogen and oxygen atoms in total. The van der Waals surface area contributed by atoms with Crippen molar-refractivity contribution in [3.8, 4) is 0 Å². The molecule has 18 heavy (non-hydrogen) atoms. The van der Waals surface area contributed by atoms with E-state index in [0.717, 1.165) is 23.9 Å². The van der Waals surface area contributed by atoms with Gasteiger partial charge in [-0.15, -0.1) is 11.8 Å². The normalized spacial score (nSPS) is 12.2. The number of hydrogen-bond donors (Lipinski definition) is 1. The van der Waals surface area contributed by atoms with Gasteiger partial charge in [0.15, 0.2) is 0 Å². The summed E-state index contributed by atoms with van der Waals surface area (Å²) in [4.78, 5) is 21.0. The average molecular weight is 385 g/mol. The van der Waals surface area contributed by atoms with E-state index in [2.05, 4.69) is 0 Å². The summed E-state index contributed by atoms with van der Waals surface area (Å²) >= 11 is 2.64. The number of nitro benzene ring substituents is 1. The summed E-state index contributed by atoms with van der Waals surface area (Å²) in [5.41, 5.74) is -0.205. The molecule has 0 radical (unpaired) electrons. The molecule has 1 N–H and O–H groups in total. The van der Waals surface area contributed by atoms with Gasteiger partial charge >= 0.3 is 5.97 Å². The quantitative estimate of drug-likeness (QED) is 0.365. The number of hydrogen-bond acceptors (Lipinski definition) is 4. The van der Waals surface area contributed by atoms with E-state index in [1.165, 1.54) is 6.92 Å². The van der Waals surface area contributed by atoms with Crippen LogP contribution in [0.1, 0.15) is 6.92 Å². The number of carboxylic acid groups (broad SMARTS) is 1. The van der Waals surface area contributed by atoms with Crippen LogP contribution < -0.4 is 0 Å². The second-order valence-electron chi connectivity index (χ2n) is 3.54. The van der Waals surface area contributed by atoms with Crippen molar-refractivity contribution >= 4 is 46.0 Å². The lowest BCUT2D eigenvalue weighted by molar-refractivity contribution is -0.387. The number of carboxylic acids is 1. The summed E-state index contributed by atoms with van der Waals surface area (Å²) in [6, 6.07) is 2.21. The molecule has 0 spiro atoms. The van der Waals surface area contributed by atoms with Crippen molar-refractivity contribution in [3.05, 3.63) is 31.6 Å². The summed E-state index contributed by atoms with van der Waals surface area (Å²) in [7, 11) is 0. The van der Waals surface area contributed by atoms with Crippen molar-refractivity contribution in [3.63, 3.8) is 0 Å². The molecule has 0 amide bonds. The Labute approximate surface area is 120 Å². The number of rotatable bonds is 5. The Morgan fingerprint density at radius 1 is 1.67 bits per heavy atom. The van der Waals surface area contributed by atoms with Crippen molar-refractivity contribution < 1.29 is 19.2 Å². The molecular weight excluding hydrogens is 376 g/mol. The van der Waals surface area contributed by atoms with E-state index < -0.39 is 22.6 Å². The maximum Gasteiger partial charge on any atom is 0.307 e. The van der Waals surface area contributed by atoms with Crippen LogP contribution in [0.15, 0.2) is 17.0 Å². The van der Waals surface area contributed by atoms with Gasteiger partial charge < -0.3 is 5.11 Å². The molecule has 0 fully saturated rings. The van der Waals surface area contributed by atoms with Crippen LogP contribution in [0.3, 0.4) is 0 Å². The molecule has 0 aliphatic rings. The number of benzene rings is 1. The van der Waals surface area contributed by atoms with Crippen LogP contribution in [-0.2, 0) is 4.79 Å². The second kappa shape index (κ2) is 6.32. The molecule has 0 saturated heterocycles. The van der Waals surface area contributed by atoms with Crippen molar-refractivity contribution in [1.29, 1.82) is 0 Å². The molecular formula is C10H9FINO4S. The van der Waals surface area contributed by atoms with E-state index in [-0.39, 0.29) is 19.9 Å². The summed E-state index contributed by atoms with van der Waals surface area (Å²) in [6.07, 6.45) is 0. The molecule has 1 unspecified atom stereocenters. The molecule has 1 atom stereocenters. The number of thioether (sulfide) groups is 1. The van der Waals surface area contributed by atoms with Crippen LogP contribution in [0.4, 0.5) is 10.1 Å². The maximum atomic E-state index is 13.3. The van der Waals surface area contributed by atoms with Crippen LogP contribution in [0.25, 0.3) is 0 Å². The van der Waals surface area contributed by atoms with E-state index in [0.29, 0.717) is 0 Å². The van der Waals surface area contributed by atoms with Crippen molar-refractivity contribution in [2.75, 3.05) is 5.75 Å². The highest BCUT2D eigenvalue weighted by molar-refractivity contribution is 14.1. The van der Waals surface area contributed by atoms with Gasteiger partial charge in [0.1, 0.15) is 5.82 Å². The lowest BCUT2D eigenvalue weighted by Crippen LogP contribution is -2.11. The van der Waals surface area contributed by atoms with Crippen LogP contribution in [0, 0.1) is 25.4 Å². The lowest BCUT2D eigenvalue weighted by atomic mass is 10.2. The van der Waals surface area contributed by atoms with Gasteiger partial charge in [-0.25, -0.2) is 4.39 Å². The molecule has 1 aromatic carbocycles. The first kappa shape index (κ1) is 15.2. The minimum absolute atomic E-state index is 0.144. The van der Waals surface area contributed by atoms with Crippen LogP contribution in [-0.4, -0.2) is 21.8 Å². The van der Waals surface area contributed by atoms with E-state index >= 15 is 0 Å². The zero-order valence-corrected chi connectivity index (χ0v) is 12.2. The molecule has 1 aromatic rings. The highest BCUT2D eigenvalue weighted by Gasteiger charge is 2.20. The number of nitro groups is 1. The first-order chi connectivity index (χ1) is 8.32. The largest absolute Gasteiger partial charge is 0.481 e. The minimum Gasteiger partial charge on any atom is -0.481 e. The van der Waals surface area contributed by atoms with Gasteiger partial charge in [-0.2, -0.15) is 0 Å². The zero-order chi connectivity index (χ0) is 13.9. The molecule has 0 bridgehead atoms. The Morgan fingerprint density at radius 3 is 2.78 bits per heavy atom. The lowest BCUT2D eigenvalue weighted by Gasteiger charge is -2.07. The maximum absolute atomic E-state index is 13.3. The fourth-order valence-corrected chi connectivity index (χ4v) is 2.55. The first-order valence-corrected chi connectivity index (χ1v) is 6.88. The molecule has 0 aliphatic carbocycles. The molecule has 0 aromatic heterocycles. The van der Waals surface area contributed by atoms with Crippen molar-refractivity contribution in [1.82, 2.24) is 0 Å². The SMILES string of the molecule is CC(CSc1cc(F)c(I)cc1[N+](=O)[O-])C(=O)O. The highest BCUT2D eigenvalue weighted by atomic mass is 127. The highest BCUT2D eigenvalue weighted by Crippen LogP contribution is 2.33. The van der Waals surface area contributed by atoms with E-state index in [1.807, 2.05) is 0 Å². The predicted molar refractivity (Wildman–Crippen MR) is 73.3 cm³/mol. The number of aliphatic carboxylic acids is 1. The Morgan fingerprint density at radius 2 is 2.28 bits per heavy atom. The molecule has 8 heteroatoms. The molecule has 0 heterocycles. The van der Waals surface area contributed by atoms with Gasteiger partial charge in [-0.1, -0.05) is 6.92 Å². The third-order valence-corrected chi connectivity index (χ3v) is 4.24. The van der Waals surface area contributed by atoms with E-state index in [9.17, 15) is 19.3 Å². The summed E-state index contributed by atoms with van der Waals surface area (Å²) in [6.45, 7) is 1.49. The Kier molecular flexibility index (Phi) is 5.32. The smallest absolute Gasteiger partial charge is 0.307 e. The third kappa shape index (κ3) is 3.80. The Hall–Kier alpha value is -0.900. The summed E-state index contributed by atoms with van der Waals surface area (Å²) < 4.78 is 13.5. The van der Waals surface area contributed by atoms with Gasteiger partial charge in [-0.3, -0.25) is 14.9 Å². The summed E-state index contributed by atoms with van der Waals surface area (Å²) in [5.74, 6) is -2.05. The van der Waals surface area contributed by atoms with Crippen molar-refractivity contribution in [2.24, 2.45) is 5.92 Å². The van der Waals surface area contributed by atoms with Gasteiger partial charge in [0, 0.05) is 11.8 Å². The van der Waals surface area contributed by atoms with Gasteiger partial charge in [0.25, 0.3) is 5.69 Å². The second-order valence-corrected chi connectivity index (χ2v) is 5.77. The third-order valence-electron chi connectivity index (χ3n) is 2.11. The zero-order valence-electron chi connectivity index (χ0n) is 9.22. The number of halogens is 2. The molecule has 0 saturated carbocycles. The van der Waals surface area contributed by atoms with Crippen molar-refractivity contribution in [2.45, 2.75) is 11.8 Å². The topological polar surface area (TPSA) is 80.4 Å². The summed E-state index contributed by atoms with van der Waals surface area (Å²) in [5, 5.41) is 19.5. The fraction of sp³-hybridized carbons (Fsp3) is 0.300. The molecule has 98 valence electrons. The minimum atomic E-state index is -0.990. The molecule has 0 aliphatic heterocycles. The first-order valence-electron chi connectivity index (χ1n) is 4.82. The van der Waals surface area contributed by atoms with Gasteiger partial charge in [0.2, 0.25) is 0 Å². The van der Waals surface area contributed by atoms with Crippen LogP contribution in [0.2, 0.25) is 0 Å². The Balaban J connectivity index is 2.97.